The van der Waals surface area contributed by atoms with E-state index in [9.17, 15) is 0 Å². The summed E-state index contributed by atoms with van der Waals surface area (Å²) in [6.07, 6.45) is 0. The van der Waals surface area contributed by atoms with Crippen LogP contribution in [0.15, 0.2) is 30.3 Å². The van der Waals surface area contributed by atoms with Crippen molar-refractivity contribution in [3.05, 3.63) is 47.3 Å². The van der Waals surface area contributed by atoms with E-state index in [-0.39, 0.29) is 4.99 Å². The van der Waals surface area contributed by atoms with Crippen molar-refractivity contribution in [2.75, 3.05) is 12.4 Å². The molecule has 20 heavy (non-hydrogen) atoms. The van der Waals surface area contributed by atoms with Gasteiger partial charge in [0.25, 0.3) is 0 Å². The zero-order valence-electron chi connectivity index (χ0n) is 11.4. The number of benzene rings is 1. The fraction of sp³-hybridized carbons (Fsp3) is 0.214. The Labute approximate surface area is 123 Å². The zero-order chi connectivity index (χ0) is 14.5. The van der Waals surface area contributed by atoms with Gasteiger partial charge in [-0.1, -0.05) is 24.4 Å². The van der Waals surface area contributed by atoms with Crippen LogP contribution in [0.5, 0.6) is 0 Å². The van der Waals surface area contributed by atoms with Gasteiger partial charge in [0.05, 0.1) is 6.61 Å². The van der Waals surface area contributed by atoms with Gasteiger partial charge in [0, 0.05) is 18.5 Å². The molecule has 2 aromatic rings. The lowest BCUT2D eigenvalue weighted by molar-refractivity contribution is 0.185. The topological polar surface area (TPSA) is 73.1 Å². The second kappa shape index (κ2) is 6.40. The number of thiocarbonyl (C=S) groups is 1. The SMILES string of the molecule is COCc1cccc(Nc2nc(C)cc(C(N)=S)n2)c1. The molecule has 0 aliphatic heterocycles. The van der Waals surface area contributed by atoms with Crippen molar-refractivity contribution in [2.24, 2.45) is 5.73 Å². The monoisotopic (exact) mass is 288 g/mol. The number of anilines is 2. The maximum atomic E-state index is 5.61. The summed E-state index contributed by atoms with van der Waals surface area (Å²) in [7, 11) is 1.66. The van der Waals surface area contributed by atoms with Gasteiger partial charge >= 0.3 is 0 Å². The summed E-state index contributed by atoms with van der Waals surface area (Å²) in [5.41, 5.74) is 8.93. The van der Waals surface area contributed by atoms with Crippen LogP contribution in [-0.4, -0.2) is 22.1 Å². The number of nitrogens with zero attached hydrogens (tertiary/aromatic N) is 2. The molecule has 0 aliphatic carbocycles. The molecule has 3 N–H and O–H groups in total. The van der Waals surface area contributed by atoms with Crippen molar-refractivity contribution in [3.8, 4) is 0 Å². The highest BCUT2D eigenvalue weighted by Crippen LogP contribution is 2.16. The van der Waals surface area contributed by atoms with Crippen molar-refractivity contribution >= 4 is 28.8 Å². The molecule has 104 valence electrons. The second-order valence-corrected chi connectivity index (χ2v) is 4.78. The van der Waals surface area contributed by atoms with Gasteiger partial charge < -0.3 is 15.8 Å². The average molecular weight is 288 g/mol. The first-order valence-electron chi connectivity index (χ1n) is 6.09. The highest BCUT2D eigenvalue weighted by atomic mass is 32.1. The van der Waals surface area contributed by atoms with Crippen LogP contribution in [0.25, 0.3) is 0 Å². The molecule has 0 bridgehead atoms. The predicted molar refractivity (Wildman–Crippen MR) is 83.1 cm³/mol. The Morgan fingerprint density at radius 1 is 1.35 bits per heavy atom. The maximum Gasteiger partial charge on any atom is 0.228 e. The molecule has 0 amide bonds. The van der Waals surface area contributed by atoms with Gasteiger partial charge in [0.15, 0.2) is 0 Å². The van der Waals surface area contributed by atoms with Crippen LogP contribution in [0, 0.1) is 6.92 Å². The van der Waals surface area contributed by atoms with Crippen LogP contribution in [0.2, 0.25) is 0 Å². The summed E-state index contributed by atoms with van der Waals surface area (Å²) < 4.78 is 5.11. The second-order valence-electron chi connectivity index (χ2n) is 4.34. The molecule has 5 nitrogen and oxygen atoms in total. The van der Waals surface area contributed by atoms with Gasteiger partial charge in [0.2, 0.25) is 5.95 Å². The molecule has 0 radical (unpaired) electrons. The van der Waals surface area contributed by atoms with Crippen LogP contribution in [0.3, 0.4) is 0 Å². The molecule has 6 heteroatoms. The number of ether oxygens (including phenoxy) is 1. The number of hydrogen-bond donors (Lipinski definition) is 2. The summed E-state index contributed by atoms with van der Waals surface area (Å²) >= 11 is 4.94. The Bertz CT molecular complexity index is 630. The van der Waals surface area contributed by atoms with E-state index in [2.05, 4.69) is 15.3 Å². The lowest BCUT2D eigenvalue weighted by atomic mass is 10.2. The molecule has 0 atom stereocenters. The number of aromatic nitrogens is 2. The number of rotatable bonds is 5. The van der Waals surface area contributed by atoms with Gasteiger partial charge in [-0.15, -0.1) is 0 Å². The fourth-order valence-electron chi connectivity index (χ4n) is 1.79. The summed E-state index contributed by atoms with van der Waals surface area (Å²) in [4.78, 5) is 8.86. The number of hydrogen-bond acceptors (Lipinski definition) is 5. The Hall–Kier alpha value is -2.05. The third kappa shape index (κ3) is 3.72. The molecule has 1 aromatic heterocycles. The molecule has 1 heterocycles. The molecule has 0 unspecified atom stereocenters. The maximum absolute atomic E-state index is 5.61. The minimum Gasteiger partial charge on any atom is -0.388 e. The van der Waals surface area contributed by atoms with E-state index in [1.54, 1.807) is 13.2 Å². The van der Waals surface area contributed by atoms with Gasteiger partial charge in [-0.05, 0) is 30.7 Å². The number of aryl methyl sites for hydroxylation is 1. The van der Waals surface area contributed by atoms with E-state index in [1.165, 1.54) is 0 Å². The highest BCUT2D eigenvalue weighted by Gasteiger charge is 2.05. The molecule has 0 spiro atoms. The molecule has 0 fully saturated rings. The van der Waals surface area contributed by atoms with Crippen molar-refractivity contribution in [1.29, 1.82) is 0 Å². The van der Waals surface area contributed by atoms with Gasteiger partial charge in [-0.2, -0.15) is 0 Å². The van der Waals surface area contributed by atoms with Crippen molar-refractivity contribution < 1.29 is 4.74 Å². The van der Waals surface area contributed by atoms with E-state index < -0.39 is 0 Å². The molecular formula is C14H16N4OS. The summed E-state index contributed by atoms with van der Waals surface area (Å²) in [5.74, 6) is 0.474. The smallest absolute Gasteiger partial charge is 0.228 e. The van der Waals surface area contributed by atoms with E-state index in [1.807, 2.05) is 31.2 Å². The van der Waals surface area contributed by atoms with Gasteiger partial charge in [-0.25, -0.2) is 9.97 Å². The molecule has 1 aromatic carbocycles. The summed E-state index contributed by atoms with van der Waals surface area (Å²) in [5, 5.41) is 3.15. The quantitative estimate of drug-likeness (QED) is 0.823. The minimum absolute atomic E-state index is 0.256. The molecular weight excluding hydrogens is 272 g/mol. The van der Waals surface area contributed by atoms with Crippen LogP contribution >= 0.6 is 12.2 Å². The third-order valence-electron chi connectivity index (χ3n) is 2.60. The average Bonchev–Trinajstić information content (AvgIpc) is 2.38. The fourth-order valence-corrected chi connectivity index (χ4v) is 1.89. The number of methoxy groups -OCH3 is 1. The van der Waals surface area contributed by atoms with E-state index in [0.29, 0.717) is 18.2 Å². The molecule has 0 saturated carbocycles. The normalized spacial score (nSPS) is 10.3. The third-order valence-corrected chi connectivity index (χ3v) is 2.81. The first-order valence-corrected chi connectivity index (χ1v) is 6.49. The summed E-state index contributed by atoms with van der Waals surface area (Å²) in [6, 6.07) is 9.61. The largest absolute Gasteiger partial charge is 0.388 e. The standard InChI is InChI=1S/C14H16N4OS/c1-9-6-12(13(15)20)18-14(16-9)17-11-5-3-4-10(7-11)8-19-2/h3-7H,8H2,1-2H3,(H2,15,20)(H,16,17,18). The van der Waals surface area contributed by atoms with E-state index in [4.69, 9.17) is 22.7 Å². The Morgan fingerprint density at radius 2 is 2.15 bits per heavy atom. The van der Waals surface area contributed by atoms with Crippen LogP contribution in [0.4, 0.5) is 11.6 Å². The van der Waals surface area contributed by atoms with Gasteiger partial charge in [0.1, 0.15) is 10.7 Å². The highest BCUT2D eigenvalue weighted by molar-refractivity contribution is 7.80. The minimum atomic E-state index is 0.256. The number of nitrogens with one attached hydrogen (secondary N) is 1. The number of nitrogens with two attached hydrogens (primary N) is 1. The van der Waals surface area contributed by atoms with Gasteiger partial charge in [-0.3, -0.25) is 0 Å². The summed E-state index contributed by atoms with van der Waals surface area (Å²) in [6.45, 7) is 2.43. The zero-order valence-corrected chi connectivity index (χ0v) is 12.2. The predicted octanol–water partition coefficient (Wildman–Crippen LogP) is 2.31. The van der Waals surface area contributed by atoms with E-state index in [0.717, 1.165) is 16.9 Å². The van der Waals surface area contributed by atoms with Crippen LogP contribution < -0.4 is 11.1 Å². The van der Waals surface area contributed by atoms with Crippen molar-refractivity contribution in [1.82, 2.24) is 9.97 Å². The van der Waals surface area contributed by atoms with Crippen molar-refractivity contribution in [3.63, 3.8) is 0 Å². The lowest BCUT2D eigenvalue weighted by Crippen LogP contribution is -2.13. The first kappa shape index (κ1) is 14.4. The van der Waals surface area contributed by atoms with Crippen LogP contribution in [0.1, 0.15) is 17.0 Å². The lowest BCUT2D eigenvalue weighted by Gasteiger charge is -2.09. The van der Waals surface area contributed by atoms with E-state index >= 15 is 0 Å². The Balaban J connectivity index is 2.25. The Kier molecular flexibility index (Phi) is 4.60. The molecule has 2 rings (SSSR count). The van der Waals surface area contributed by atoms with Crippen molar-refractivity contribution in [2.45, 2.75) is 13.5 Å². The van der Waals surface area contributed by atoms with Crippen LogP contribution in [-0.2, 0) is 11.3 Å². The Morgan fingerprint density at radius 3 is 2.85 bits per heavy atom. The molecule has 0 saturated heterocycles. The molecule has 0 aliphatic rings. The first-order chi connectivity index (χ1) is 9.58.